The number of benzene rings is 2. The quantitative estimate of drug-likeness (QED) is 0.562. The maximum Gasteiger partial charge on any atom is 0.252 e. The third-order valence-electron chi connectivity index (χ3n) is 4.27. The van der Waals surface area contributed by atoms with Gasteiger partial charge in [-0.2, -0.15) is 0 Å². The summed E-state index contributed by atoms with van der Waals surface area (Å²) >= 11 is 0. The van der Waals surface area contributed by atoms with Crippen LogP contribution in [0, 0.1) is 0 Å². The second-order valence-corrected chi connectivity index (χ2v) is 8.03. The Morgan fingerprint density at radius 2 is 1.69 bits per heavy atom. The van der Waals surface area contributed by atoms with Crippen LogP contribution in [0.3, 0.4) is 0 Å². The normalized spacial score (nSPS) is 12.1. The van der Waals surface area contributed by atoms with Crippen LogP contribution in [0.25, 0.3) is 0 Å². The van der Waals surface area contributed by atoms with Crippen molar-refractivity contribution < 1.29 is 13.2 Å². The van der Waals surface area contributed by atoms with Gasteiger partial charge in [-0.1, -0.05) is 42.5 Å². The Bertz CT molecular complexity index is 1050. The first-order chi connectivity index (χ1) is 14.0. The molecule has 1 atom stereocenters. The molecule has 7 heteroatoms. The molecule has 1 unspecified atom stereocenters. The number of amides is 1. The Hall–Kier alpha value is -3.29. The number of nitrogens with zero attached hydrogens (tertiary/aromatic N) is 1. The van der Waals surface area contributed by atoms with Crippen LogP contribution in [-0.2, 0) is 10.0 Å². The maximum absolute atomic E-state index is 12.9. The average molecular weight is 407 g/mol. The zero-order valence-electron chi connectivity index (χ0n) is 15.7. The summed E-state index contributed by atoms with van der Waals surface area (Å²) in [6, 6.07) is 18.7. The summed E-state index contributed by atoms with van der Waals surface area (Å²) in [5, 5.41) is 2.99. The van der Waals surface area contributed by atoms with Crippen molar-refractivity contribution in [3.8, 4) is 0 Å². The van der Waals surface area contributed by atoms with Crippen molar-refractivity contribution in [3.63, 3.8) is 0 Å². The molecule has 3 aromatic rings. The minimum Gasteiger partial charge on any atom is -0.341 e. The lowest BCUT2D eigenvalue weighted by Crippen LogP contribution is -2.30. The van der Waals surface area contributed by atoms with Crippen molar-refractivity contribution in [2.24, 2.45) is 0 Å². The van der Waals surface area contributed by atoms with E-state index in [1.165, 1.54) is 18.2 Å². The van der Waals surface area contributed by atoms with Gasteiger partial charge in [-0.3, -0.25) is 9.78 Å². The van der Waals surface area contributed by atoms with Gasteiger partial charge in [0, 0.05) is 24.5 Å². The Labute approximate surface area is 170 Å². The molecular formula is C22H21N3O3S. The third-order valence-corrected chi connectivity index (χ3v) is 5.69. The summed E-state index contributed by atoms with van der Waals surface area (Å²) in [7, 11) is -3.72. The van der Waals surface area contributed by atoms with Crippen LogP contribution < -0.4 is 10.0 Å². The van der Waals surface area contributed by atoms with Gasteiger partial charge in [0.2, 0.25) is 10.0 Å². The lowest BCUT2D eigenvalue weighted by atomic mass is 9.99. The van der Waals surface area contributed by atoms with E-state index in [0.717, 1.165) is 11.1 Å². The molecule has 0 fully saturated rings. The van der Waals surface area contributed by atoms with E-state index in [0.29, 0.717) is 0 Å². The molecule has 0 bridgehead atoms. The molecular weight excluding hydrogens is 386 g/mol. The van der Waals surface area contributed by atoms with Crippen LogP contribution in [0.1, 0.15) is 27.5 Å². The molecule has 1 heterocycles. The summed E-state index contributed by atoms with van der Waals surface area (Å²) in [6.45, 7) is 3.61. The second-order valence-electron chi connectivity index (χ2n) is 6.27. The molecule has 0 saturated heterocycles. The number of carbonyl (C=O) groups excluding carboxylic acids is 1. The molecule has 0 spiro atoms. The Kier molecular flexibility index (Phi) is 6.54. The number of aromatic nitrogens is 1. The lowest BCUT2D eigenvalue weighted by molar-refractivity contribution is 0.0942. The van der Waals surface area contributed by atoms with E-state index in [9.17, 15) is 13.2 Å². The number of hydrogen-bond acceptors (Lipinski definition) is 4. The van der Waals surface area contributed by atoms with Gasteiger partial charge in [0.25, 0.3) is 5.91 Å². The van der Waals surface area contributed by atoms with Gasteiger partial charge >= 0.3 is 0 Å². The first kappa shape index (κ1) is 20.4. The highest BCUT2D eigenvalue weighted by Gasteiger charge is 2.20. The fourth-order valence-corrected chi connectivity index (χ4v) is 3.88. The minimum atomic E-state index is -3.72. The zero-order valence-corrected chi connectivity index (χ0v) is 16.5. The van der Waals surface area contributed by atoms with Gasteiger partial charge in [-0.25, -0.2) is 13.1 Å². The van der Waals surface area contributed by atoms with Gasteiger partial charge in [-0.05, 0) is 41.5 Å². The molecule has 3 rings (SSSR count). The van der Waals surface area contributed by atoms with Crippen LogP contribution in [0.4, 0.5) is 0 Å². The number of nitrogens with one attached hydrogen (secondary N) is 2. The summed E-state index contributed by atoms with van der Waals surface area (Å²) in [6.07, 6.45) is 4.78. The van der Waals surface area contributed by atoms with Crippen LogP contribution in [-0.4, -0.2) is 25.9 Å². The standard InChI is InChI=1S/C22H21N3O3S/c1-2-13-24-29(27,28)20-10-6-9-19(16-20)22(26)25-21(17-7-4-3-5-8-17)18-11-14-23-15-12-18/h2-12,14-16,21,24H,1,13H2,(H,25,26). The van der Waals surface area contributed by atoms with Crippen molar-refractivity contribution in [2.75, 3.05) is 6.54 Å². The van der Waals surface area contributed by atoms with Crippen LogP contribution in [0.2, 0.25) is 0 Å². The highest BCUT2D eigenvalue weighted by Crippen LogP contribution is 2.22. The third kappa shape index (κ3) is 5.16. The van der Waals surface area contributed by atoms with Crippen LogP contribution >= 0.6 is 0 Å². The number of rotatable bonds is 8. The van der Waals surface area contributed by atoms with Gasteiger partial charge < -0.3 is 5.32 Å². The summed E-state index contributed by atoms with van der Waals surface area (Å²) in [4.78, 5) is 17.0. The summed E-state index contributed by atoms with van der Waals surface area (Å²) in [5.74, 6) is -0.378. The van der Waals surface area contributed by atoms with E-state index in [-0.39, 0.29) is 22.9 Å². The SMILES string of the molecule is C=CCNS(=O)(=O)c1cccc(C(=O)NC(c2ccccc2)c2ccncc2)c1. The zero-order chi connectivity index (χ0) is 20.7. The molecule has 148 valence electrons. The van der Waals surface area contributed by atoms with Gasteiger partial charge in [0.15, 0.2) is 0 Å². The van der Waals surface area contributed by atoms with Crippen molar-refractivity contribution in [1.29, 1.82) is 0 Å². The topological polar surface area (TPSA) is 88.2 Å². The minimum absolute atomic E-state index is 0.0205. The Morgan fingerprint density at radius 1 is 1.00 bits per heavy atom. The number of sulfonamides is 1. The molecule has 1 aromatic heterocycles. The lowest BCUT2D eigenvalue weighted by Gasteiger charge is -2.20. The summed E-state index contributed by atoms with van der Waals surface area (Å²) in [5.41, 5.74) is 2.03. The Balaban J connectivity index is 1.89. The molecule has 6 nitrogen and oxygen atoms in total. The molecule has 0 radical (unpaired) electrons. The molecule has 0 saturated carbocycles. The van der Waals surface area contributed by atoms with Gasteiger partial charge in [-0.15, -0.1) is 6.58 Å². The number of carbonyl (C=O) groups is 1. The van der Waals surface area contributed by atoms with Crippen molar-refractivity contribution >= 4 is 15.9 Å². The number of pyridine rings is 1. The van der Waals surface area contributed by atoms with E-state index < -0.39 is 16.1 Å². The molecule has 2 N–H and O–H groups in total. The second kappa shape index (κ2) is 9.27. The highest BCUT2D eigenvalue weighted by atomic mass is 32.2. The van der Waals surface area contributed by atoms with E-state index in [4.69, 9.17) is 0 Å². The molecule has 1 amide bonds. The van der Waals surface area contributed by atoms with E-state index >= 15 is 0 Å². The largest absolute Gasteiger partial charge is 0.341 e. The number of hydrogen-bond donors (Lipinski definition) is 2. The van der Waals surface area contributed by atoms with Crippen LogP contribution in [0.15, 0.2) is 96.7 Å². The van der Waals surface area contributed by atoms with Crippen molar-refractivity contribution in [1.82, 2.24) is 15.0 Å². The maximum atomic E-state index is 12.9. The monoisotopic (exact) mass is 407 g/mol. The first-order valence-corrected chi connectivity index (χ1v) is 10.5. The van der Waals surface area contributed by atoms with E-state index in [2.05, 4.69) is 21.6 Å². The van der Waals surface area contributed by atoms with E-state index in [1.54, 1.807) is 24.5 Å². The molecule has 0 aliphatic rings. The fraction of sp³-hybridized carbons (Fsp3) is 0.0909. The molecule has 29 heavy (non-hydrogen) atoms. The summed E-state index contributed by atoms with van der Waals surface area (Å²) < 4.78 is 27.1. The molecule has 2 aromatic carbocycles. The van der Waals surface area contributed by atoms with Gasteiger partial charge in [0.05, 0.1) is 10.9 Å². The average Bonchev–Trinajstić information content (AvgIpc) is 2.77. The molecule has 0 aliphatic heterocycles. The fourth-order valence-electron chi connectivity index (χ4n) is 2.83. The van der Waals surface area contributed by atoms with Crippen LogP contribution in [0.5, 0.6) is 0 Å². The van der Waals surface area contributed by atoms with Crippen molar-refractivity contribution in [3.05, 3.63) is 108 Å². The Morgan fingerprint density at radius 3 is 2.38 bits per heavy atom. The predicted molar refractivity (Wildman–Crippen MR) is 112 cm³/mol. The highest BCUT2D eigenvalue weighted by molar-refractivity contribution is 7.89. The van der Waals surface area contributed by atoms with Crippen molar-refractivity contribution in [2.45, 2.75) is 10.9 Å². The molecule has 0 aliphatic carbocycles. The first-order valence-electron chi connectivity index (χ1n) is 8.97. The smallest absolute Gasteiger partial charge is 0.252 e. The predicted octanol–water partition coefficient (Wildman–Crippen LogP) is 3.07. The van der Waals surface area contributed by atoms with E-state index in [1.807, 2.05) is 42.5 Å². The van der Waals surface area contributed by atoms with Gasteiger partial charge in [0.1, 0.15) is 0 Å².